The molecule has 15 heavy (non-hydrogen) atoms. The highest BCUT2D eigenvalue weighted by atomic mass is 32.2. The van der Waals surface area contributed by atoms with Crippen LogP contribution in [0, 0.1) is 6.92 Å². The minimum absolute atomic E-state index is 0.681. The molecule has 2 aromatic rings. The van der Waals surface area contributed by atoms with Crippen LogP contribution in [0.3, 0.4) is 0 Å². The second-order valence-corrected chi connectivity index (χ2v) is 4.33. The third kappa shape index (κ3) is 2.30. The lowest BCUT2D eigenvalue weighted by molar-refractivity contribution is 0.111. The molecule has 0 spiro atoms. The molecule has 76 valence electrons. The van der Waals surface area contributed by atoms with Gasteiger partial charge in [0.05, 0.1) is 5.69 Å². The molecule has 1 heterocycles. The van der Waals surface area contributed by atoms with E-state index in [4.69, 9.17) is 0 Å². The van der Waals surface area contributed by atoms with Gasteiger partial charge in [0.2, 0.25) is 0 Å². The molecule has 0 N–H and O–H groups in total. The Balaban J connectivity index is 2.21. The highest BCUT2D eigenvalue weighted by Gasteiger charge is 2.00. The summed E-state index contributed by atoms with van der Waals surface area (Å²) in [6, 6.07) is 11.9. The van der Waals surface area contributed by atoms with Gasteiger partial charge in [0.25, 0.3) is 0 Å². The molecule has 1 aromatic heterocycles. The van der Waals surface area contributed by atoms with Crippen molar-refractivity contribution < 1.29 is 4.79 Å². The van der Waals surface area contributed by atoms with Gasteiger partial charge in [0, 0.05) is 11.1 Å². The SMILES string of the molecule is Cc1ccc(Sn2cccc2C=O)cc1. The smallest absolute Gasteiger partial charge is 0.167 e. The fourth-order valence-corrected chi connectivity index (χ4v) is 2.09. The van der Waals surface area contributed by atoms with E-state index in [9.17, 15) is 4.79 Å². The van der Waals surface area contributed by atoms with Crippen LogP contribution in [0.15, 0.2) is 47.5 Å². The van der Waals surface area contributed by atoms with Crippen molar-refractivity contribution in [2.24, 2.45) is 0 Å². The summed E-state index contributed by atoms with van der Waals surface area (Å²) in [5, 5.41) is 0. The van der Waals surface area contributed by atoms with Crippen molar-refractivity contribution in [2.75, 3.05) is 0 Å². The Labute approximate surface area is 93.1 Å². The molecule has 0 bridgehead atoms. The van der Waals surface area contributed by atoms with Crippen LogP contribution in [0.4, 0.5) is 0 Å². The maximum absolute atomic E-state index is 10.7. The second-order valence-electron chi connectivity index (χ2n) is 3.28. The zero-order valence-electron chi connectivity index (χ0n) is 8.38. The number of hydrogen-bond acceptors (Lipinski definition) is 2. The maximum Gasteiger partial charge on any atom is 0.167 e. The first-order valence-electron chi connectivity index (χ1n) is 4.67. The third-order valence-electron chi connectivity index (χ3n) is 2.09. The Bertz CT molecular complexity index is 459. The van der Waals surface area contributed by atoms with E-state index in [1.807, 2.05) is 16.2 Å². The van der Waals surface area contributed by atoms with Crippen molar-refractivity contribution in [3.05, 3.63) is 53.9 Å². The summed E-state index contributed by atoms with van der Waals surface area (Å²) < 4.78 is 1.86. The Morgan fingerprint density at radius 2 is 1.93 bits per heavy atom. The molecule has 0 aliphatic heterocycles. The summed E-state index contributed by atoms with van der Waals surface area (Å²) in [5.41, 5.74) is 1.92. The lowest BCUT2D eigenvalue weighted by Crippen LogP contribution is -1.90. The number of rotatable bonds is 3. The molecule has 0 aliphatic carbocycles. The number of nitrogens with zero attached hydrogens (tertiary/aromatic N) is 1. The van der Waals surface area contributed by atoms with E-state index >= 15 is 0 Å². The average molecular weight is 217 g/mol. The van der Waals surface area contributed by atoms with Crippen LogP contribution in [0.1, 0.15) is 16.1 Å². The van der Waals surface area contributed by atoms with Gasteiger partial charge in [-0.05, 0) is 43.1 Å². The number of benzene rings is 1. The number of aryl methyl sites for hydroxylation is 1. The van der Waals surface area contributed by atoms with Gasteiger partial charge in [-0.15, -0.1) is 0 Å². The molecule has 0 fully saturated rings. The van der Waals surface area contributed by atoms with Crippen LogP contribution in [0.2, 0.25) is 0 Å². The minimum atomic E-state index is 0.681. The summed E-state index contributed by atoms with van der Waals surface area (Å²) in [5.74, 6) is 0. The minimum Gasteiger partial charge on any atom is -0.296 e. The van der Waals surface area contributed by atoms with Crippen molar-refractivity contribution in [3.8, 4) is 0 Å². The predicted molar refractivity (Wildman–Crippen MR) is 62.3 cm³/mol. The maximum atomic E-state index is 10.7. The van der Waals surface area contributed by atoms with Crippen LogP contribution >= 0.6 is 11.9 Å². The lowest BCUT2D eigenvalue weighted by Gasteiger charge is -2.04. The third-order valence-corrected chi connectivity index (χ3v) is 3.10. The quantitative estimate of drug-likeness (QED) is 0.737. The molecule has 0 atom stereocenters. The highest BCUT2D eigenvalue weighted by Crippen LogP contribution is 2.22. The summed E-state index contributed by atoms with van der Waals surface area (Å²) in [4.78, 5) is 11.8. The first-order chi connectivity index (χ1) is 7.29. The summed E-state index contributed by atoms with van der Waals surface area (Å²) in [6.45, 7) is 2.06. The second kappa shape index (κ2) is 4.36. The summed E-state index contributed by atoms with van der Waals surface area (Å²) >= 11 is 1.54. The van der Waals surface area contributed by atoms with Crippen LogP contribution in [0.25, 0.3) is 0 Å². The molecule has 0 unspecified atom stereocenters. The predicted octanol–water partition coefficient (Wildman–Crippen LogP) is 3.16. The Morgan fingerprint density at radius 3 is 2.60 bits per heavy atom. The number of aldehydes is 1. The fourth-order valence-electron chi connectivity index (χ4n) is 1.27. The normalized spacial score (nSPS) is 10.2. The molecule has 3 heteroatoms. The van der Waals surface area contributed by atoms with E-state index in [0.717, 1.165) is 11.2 Å². The Morgan fingerprint density at radius 1 is 1.20 bits per heavy atom. The van der Waals surface area contributed by atoms with Crippen molar-refractivity contribution in [1.82, 2.24) is 3.97 Å². The lowest BCUT2D eigenvalue weighted by atomic mass is 10.2. The van der Waals surface area contributed by atoms with E-state index in [0.29, 0.717) is 5.69 Å². The monoisotopic (exact) mass is 217 g/mol. The summed E-state index contributed by atoms with van der Waals surface area (Å²) in [7, 11) is 0. The molecule has 0 radical (unpaired) electrons. The molecule has 1 aromatic carbocycles. The fraction of sp³-hybridized carbons (Fsp3) is 0.0833. The van der Waals surface area contributed by atoms with Gasteiger partial charge in [-0.1, -0.05) is 17.7 Å². The molecule has 0 aliphatic rings. The number of hydrogen-bond donors (Lipinski definition) is 0. The van der Waals surface area contributed by atoms with Gasteiger partial charge in [-0.2, -0.15) is 0 Å². The average Bonchev–Trinajstić information content (AvgIpc) is 2.69. The van der Waals surface area contributed by atoms with Crippen molar-refractivity contribution >= 4 is 18.2 Å². The first-order valence-corrected chi connectivity index (χ1v) is 5.44. The van der Waals surface area contributed by atoms with Gasteiger partial charge < -0.3 is 0 Å². The largest absolute Gasteiger partial charge is 0.296 e. The van der Waals surface area contributed by atoms with Crippen molar-refractivity contribution in [3.63, 3.8) is 0 Å². The van der Waals surface area contributed by atoms with Crippen molar-refractivity contribution in [1.29, 1.82) is 0 Å². The van der Waals surface area contributed by atoms with E-state index in [1.165, 1.54) is 17.5 Å². The van der Waals surface area contributed by atoms with E-state index < -0.39 is 0 Å². The molecule has 2 nitrogen and oxygen atoms in total. The zero-order valence-corrected chi connectivity index (χ0v) is 9.20. The van der Waals surface area contributed by atoms with Crippen LogP contribution in [-0.4, -0.2) is 10.3 Å². The van der Waals surface area contributed by atoms with E-state index in [1.54, 1.807) is 6.07 Å². The Hall–Kier alpha value is -1.48. The van der Waals surface area contributed by atoms with Gasteiger partial charge >= 0.3 is 0 Å². The van der Waals surface area contributed by atoms with Gasteiger partial charge in [-0.25, -0.2) is 0 Å². The molecular weight excluding hydrogens is 206 g/mol. The standard InChI is InChI=1S/C12H11NOS/c1-10-4-6-12(7-5-10)15-13-8-2-3-11(13)9-14/h2-9H,1H3. The first kappa shape index (κ1) is 10.1. The van der Waals surface area contributed by atoms with E-state index in [-0.39, 0.29) is 0 Å². The molecule has 0 saturated heterocycles. The number of carbonyl (C=O) groups excluding carboxylic acids is 1. The van der Waals surface area contributed by atoms with Gasteiger partial charge in [-0.3, -0.25) is 8.77 Å². The molecule has 0 amide bonds. The number of aromatic nitrogens is 1. The van der Waals surface area contributed by atoms with Crippen LogP contribution in [0.5, 0.6) is 0 Å². The highest BCUT2D eigenvalue weighted by molar-refractivity contribution is 7.97. The van der Waals surface area contributed by atoms with Gasteiger partial charge in [0.1, 0.15) is 0 Å². The Kier molecular flexibility index (Phi) is 2.92. The molecule has 0 saturated carbocycles. The molecule has 2 rings (SSSR count). The van der Waals surface area contributed by atoms with E-state index in [2.05, 4.69) is 31.2 Å². The zero-order chi connectivity index (χ0) is 10.7. The molecular formula is C12H11NOS. The summed E-state index contributed by atoms with van der Waals surface area (Å²) in [6.07, 6.45) is 2.75. The van der Waals surface area contributed by atoms with Crippen LogP contribution < -0.4 is 0 Å². The van der Waals surface area contributed by atoms with Gasteiger partial charge in [0.15, 0.2) is 6.29 Å². The van der Waals surface area contributed by atoms with Crippen molar-refractivity contribution in [2.45, 2.75) is 11.8 Å². The topological polar surface area (TPSA) is 22.0 Å². The van der Waals surface area contributed by atoms with Crippen LogP contribution in [-0.2, 0) is 0 Å². The number of carbonyl (C=O) groups is 1.